The molecule has 32 heavy (non-hydrogen) atoms. The molecule has 0 aliphatic carbocycles. The standard InChI is InChI=1S/C26H34N2O4/c1-4-25(29)28-11-12-31-26-22(17-28)13-21(20-8-5-9-23(14-20)30-3)15-24(26)32-18-19-7-6-10-27(2)16-19/h5,8-9,13-15,19H,4,6-7,10-12,16-18H2,1-3H3. The smallest absolute Gasteiger partial charge is 0.222 e. The third-order valence-corrected chi connectivity index (χ3v) is 6.36. The minimum atomic E-state index is 0.140. The molecule has 2 heterocycles. The number of carbonyl (C=O) groups excluding carboxylic acids is 1. The summed E-state index contributed by atoms with van der Waals surface area (Å²) in [6, 6.07) is 12.2. The highest BCUT2D eigenvalue weighted by molar-refractivity contribution is 5.76. The van der Waals surface area contributed by atoms with Gasteiger partial charge in [0, 0.05) is 31.0 Å². The van der Waals surface area contributed by atoms with Gasteiger partial charge in [0.2, 0.25) is 5.91 Å². The number of benzene rings is 2. The predicted octanol–water partition coefficient (Wildman–Crippen LogP) is 4.21. The summed E-state index contributed by atoms with van der Waals surface area (Å²) in [6.07, 6.45) is 2.88. The lowest BCUT2D eigenvalue weighted by Crippen LogP contribution is -2.34. The van der Waals surface area contributed by atoms with Crippen LogP contribution in [0.4, 0.5) is 0 Å². The summed E-state index contributed by atoms with van der Waals surface area (Å²) in [7, 11) is 3.85. The quantitative estimate of drug-likeness (QED) is 0.676. The molecule has 4 rings (SSSR count). The summed E-state index contributed by atoms with van der Waals surface area (Å²) in [5, 5.41) is 0. The van der Waals surface area contributed by atoms with Gasteiger partial charge in [0.05, 0.1) is 20.3 Å². The summed E-state index contributed by atoms with van der Waals surface area (Å²) < 4.78 is 18.0. The molecule has 172 valence electrons. The van der Waals surface area contributed by atoms with Crippen LogP contribution in [0, 0.1) is 5.92 Å². The number of amides is 1. The van der Waals surface area contributed by atoms with E-state index in [1.165, 1.54) is 12.8 Å². The van der Waals surface area contributed by atoms with Crippen molar-refractivity contribution in [3.63, 3.8) is 0 Å². The highest BCUT2D eigenvalue weighted by Crippen LogP contribution is 2.39. The van der Waals surface area contributed by atoms with E-state index in [-0.39, 0.29) is 5.91 Å². The van der Waals surface area contributed by atoms with Crippen LogP contribution >= 0.6 is 0 Å². The Morgan fingerprint density at radius 3 is 2.84 bits per heavy atom. The average molecular weight is 439 g/mol. The van der Waals surface area contributed by atoms with Crippen molar-refractivity contribution in [2.75, 3.05) is 47.0 Å². The Morgan fingerprint density at radius 1 is 1.19 bits per heavy atom. The Labute approximate surface area is 191 Å². The monoisotopic (exact) mass is 438 g/mol. The molecule has 0 N–H and O–H groups in total. The second kappa shape index (κ2) is 10.3. The van der Waals surface area contributed by atoms with Gasteiger partial charge in [-0.1, -0.05) is 19.1 Å². The molecular weight excluding hydrogens is 404 g/mol. The minimum Gasteiger partial charge on any atom is -0.497 e. The molecule has 0 aromatic heterocycles. The maximum Gasteiger partial charge on any atom is 0.222 e. The fraction of sp³-hybridized carbons (Fsp3) is 0.500. The first-order valence-electron chi connectivity index (χ1n) is 11.6. The van der Waals surface area contributed by atoms with E-state index >= 15 is 0 Å². The normalized spacial score (nSPS) is 19.0. The molecule has 2 aromatic carbocycles. The Kier molecular flexibility index (Phi) is 7.20. The van der Waals surface area contributed by atoms with Crippen LogP contribution in [0.2, 0.25) is 0 Å². The number of ether oxygens (including phenoxy) is 3. The maximum absolute atomic E-state index is 12.4. The number of carbonyl (C=O) groups is 1. The minimum absolute atomic E-state index is 0.140. The molecule has 1 atom stereocenters. The summed E-state index contributed by atoms with van der Waals surface area (Å²) in [6.45, 7) is 6.36. The van der Waals surface area contributed by atoms with Crippen molar-refractivity contribution in [1.82, 2.24) is 9.80 Å². The number of nitrogens with zero attached hydrogens (tertiary/aromatic N) is 2. The predicted molar refractivity (Wildman–Crippen MR) is 125 cm³/mol. The number of likely N-dealkylation sites (tertiary alicyclic amines) is 1. The molecule has 1 unspecified atom stereocenters. The van der Waals surface area contributed by atoms with Crippen LogP contribution in [0.1, 0.15) is 31.7 Å². The number of piperidine rings is 1. The fourth-order valence-electron chi connectivity index (χ4n) is 4.61. The fourth-order valence-corrected chi connectivity index (χ4v) is 4.61. The first kappa shape index (κ1) is 22.5. The molecular formula is C26H34N2O4. The molecule has 6 nitrogen and oxygen atoms in total. The topological polar surface area (TPSA) is 51.2 Å². The van der Waals surface area contributed by atoms with Crippen LogP contribution < -0.4 is 14.2 Å². The van der Waals surface area contributed by atoms with Gasteiger partial charge in [-0.3, -0.25) is 4.79 Å². The number of rotatable bonds is 6. The van der Waals surface area contributed by atoms with E-state index in [9.17, 15) is 4.79 Å². The van der Waals surface area contributed by atoms with Crippen LogP contribution in [-0.4, -0.2) is 62.7 Å². The van der Waals surface area contributed by atoms with Gasteiger partial charge in [0.25, 0.3) is 0 Å². The van der Waals surface area contributed by atoms with E-state index < -0.39 is 0 Å². The Morgan fingerprint density at radius 2 is 2.06 bits per heavy atom. The average Bonchev–Trinajstić information content (AvgIpc) is 3.04. The number of hydrogen-bond acceptors (Lipinski definition) is 5. The van der Waals surface area contributed by atoms with Gasteiger partial charge in [-0.25, -0.2) is 0 Å². The second-order valence-electron chi connectivity index (χ2n) is 8.79. The van der Waals surface area contributed by atoms with Gasteiger partial charge in [0.15, 0.2) is 11.5 Å². The number of methoxy groups -OCH3 is 1. The Hall–Kier alpha value is -2.73. The molecule has 1 saturated heterocycles. The molecule has 2 aliphatic heterocycles. The van der Waals surface area contributed by atoms with Crippen LogP contribution in [-0.2, 0) is 11.3 Å². The highest BCUT2D eigenvalue weighted by atomic mass is 16.5. The lowest BCUT2D eigenvalue weighted by atomic mass is 9.99. The Bertz CT molecular complexity index is 945. The first-order chi connectivity index (χ1) is 15.6. The van der Waals surface area contributed by atoms with Gasteiger partial charge in [-0.15, -0.1) is 0 Å². The van der Waals surface area contributed by atoms with Crippen molar-refractivity contribution in [3.8, 4) is 28.4 Å². The highest BCUT2D eigenvalue weighted by Gasteiger charge is 2.24. The number of fused-ring (bicyclic) bond motifs is 1. The largest absolute Gasteiger partial charge is 0.497 e. The second-order valence-corrected chi connectivity index (χ2v) is 8.79. The van der Waals surface area contributed by atoms with Crippen molar-refractivity contribution < 1.29 is 19.0 Å². The van der Waals surface area contributed by atoms with E-state index in [4.69, 9.17) is 14.2 Å². The first-order valence-corrected chi connectivity index (χ1v) is 11.6. The third-order valence-electron chi connectivity index (χ3n) is 6.36. The third kappa shape index (κ3) is 5.18. The molecule has 2 aromatic rings. The van der Waals surface area contributed by atoms with E-state index in [1.54, 1.807) is 7.11 Å². The molecule has 0 bridgehead atoms. The summed E-state index contributed by atoms with van der Waals surface area (Å²) in [5.41, 5.74) is 3.07. The van der Waals surface area contributed by atoms with Crippen molar-refractivity contribution in [1.29, 1.82) is 0 Å². The van der Waals surface area contributed by atoms with Crippen LogP contribution in [0.15, 0.2) is 36.4 Å². The van der Waals surface area contributed by atoms with Gasteiger partial charge in [-0.2, -0.15) is 0 Å². The van der Waals surface area contributed by atoms with Gasteiger partial charge in [-0.05, 0) is 61.8 Å². The van der Waals surface area contributed by atoms with E-state index in [1.807, 2.05) is 30.0 Å². The van der Waals surface area contributed by atoms with E-state index in [0.717, 1.165) is 47.0 Å². The molecule has 1 amide bonds. The molecule has 6 heteroatoms. The van der Waals surface area contributed by atoms with Crippen molar-refractivity contribution in [3.05, 3.63) is 42.0 Å². The van der Waals surface area contributed by atoms with Gasteiger partial charge in [0.1, 0.15) is 12.4 Å². The lowest BCUT2D eigenvalue weighted by Gasteiger charge is -2.29. The van der Waals surface area contributed by atoms with Crippen LogP contribution in [0.3, 0.4) is 0 Å². The van der Waals surface area contributed by atoms with Crippen molar-refractivity contribution in [2.45, 2.75) is 32.7 Å². The van der Waals surface area contributed by atoms with Crippen molar-refractivity contribution >= 4 is 5.91 Å². The summed E-state index contributed by atoms with van der Waals surface area (Å²) >= 11 is 0. The van der Waals surface area contributed by atoms with Crippen molar-refractivity contribution in [2.24, 2.45) is 5.92 Å². The zero-order valence-electron chi connectivity index (χ0n) is 19.4. The zero-order chi connectivity index (χ0) is 22.5. The lowest BCUT2D eigenvalue weighted by molar-refractivity contribution is -0.131. The van der Waals surface area contributed by atoms with E-state index in [0.29, 0.717) is 38.6 Å². The van der Waals surface area contributed by atoms with Crippen LogP contribution in [0.5, 0.6) is 17.2 Å². The molecule has 0 spiro atoms. The zero-order valence-corrected chi connectivity index (χ0v) is 19.4. The Balaban J connectivity index is 1.67. The molecule has 0 radical (unpaired) electrons. The SMILES string of the molecule is CCC(=O)N1CCOc2c(cc(-c3cccc(OC)c3)cc2OCC2CCCN(C)C2)C1. The van der Waals surface area contributed by atoms with Gasteiger partial charge >= 0.3 is 0 Å². The van der Waals surface area contributed by atoms with Gasteiger partial charge < -0.3 is 24.0 Å². The van der Waals surface area contributed by atoms with E-state index in [2.05, 4.69) is 30.1 Å². The molecule has 2 aliphatic rings. The molecule has 1 fully saturated rings. The number of hydrogen-bond donors (Lipinski definition) is 0. The maximum atomic E-state index is 12.4. The summed E-state index contributed by atoms with van der Waals surface area (Å²) in [5.74, 6) is 2.99. The summed E-state index contributed by atoms with van der Waals surface area (Å²) in [4.78, 5) is 16.7. The molecule has 0 saturated carbocycles. The van der Waals surface area contributed by atoms with Crippen LogP contribution in [0.25, 0.3) is 11.1 Å².